The molecule has 62 valence electrons. The first-order valence-electron chi connectivity index (χ1n) is 2.79. The first-order valence-corrected chi connectivity index (χ1v) is 3.95. The maximum Gasteiger partial charge on any atom is 0.357 e. The van der Waals surface area contributed by atoms with Crippen molar-refractivity contribution in [1.82, 2.24) is 0 Å². The van der Waals surface area contributed by atoms with Crippen molar-refractivity contribution in [2.24, 2.45) is 0 Å². The summed E-state index contributed by atoms with van der Waals surface area (Å²) in [5.41, 5.74) is 0. The fraction of sp³-hybridized carbons (Fsp3) is 0.200. The van der Waals surface area contributed by atoms with E-state index in [1.54, 1.807) is 12.1 Å². The van der Waals surface area contributed by atoms with Gasteiger partial charge in [0.25, 0.3) is 0 Å². The van der Waals surface area contributed by atoms with Crippen LogP contribution in [0.1, 0.15) is 5.76 Å². The standard InChI is InChI=1S/C5H7O5P/c6-11(7)10-9-4-5-2-1-3-8-5/h1-3,6-7H,4H2. The molecule has 0 fully saturated rings. The minimum absolute atomic E-state index is 0.0625. The van der Waals surface area contributed by atoms with Crippen LogP contribution < -0.4 is 0 Å². The fourth-order valence-electron chi connectivity index (χ4n) is 0.526. The second-order valence-corrected chi connectivity index (χ2v) is 2.32. The molecule has 0 aliphatic carbocycles. The molecular weight excluding hydrogens is 171 g/mol. The van der Waals surface area contributed by atoms with Crippen molar-refractivity contribution in [2.75, 3.05) is 0 Å². The Balaban J connectivity index is 2.14. The van der Waals surface area contributed by atoms with E-state index in [9.17, 15) is 0 Å². The molecule has 0 bridgehead atoms. The average molecular weight is 178 g/mol. The summed E-state index contributed by atoms with van der Waals surface area (Å²) in [6.07, 6.45) is 1.49. The lowest BCUT2D eigenvalue weighted by Gasteiger charge is -2.00. The van der Waals surface area contributed by atoms with Crippen LogP contribution in [0.25, 0.3) is 0 Å². The van der Waals surface area contributed by atoms with E-state index in [0.29, 0.717) is 5.76 Å². The summed E-state index contributed by atoms with van der Waals surface area (Å²) < 4.78 is 8.89. The number of hydrogen-bond donors (Lipinski definition) is 2. The molecule has 0 saturated carbocycles. The Kier molecular flexibility index (Phi) is 3.48. The van der Waals surface area contributed by atoms with Gasteiger partial charge in [0.2, 0.25) is 0 Å². The first-order chi connectivity index (χ1) is 5.29. The summed E-state index contributed by atoms with van der Waals surface area (Å²) in [5.74, 6) is 0.557. The smallest absolute Gasteiger partial charge is 0.357 e. The summed E-state index contributed by atoms with van der Waals surface area (Å²) in [5, 5.41) is 0. The molecule has 1 aromatic heterocycles. The minimum atomic E-state index is -2.45. The van der Waals surface area contributed by atoms with Gasteiger partial charge in [-0.05, 0) is 12.1 Å². The summed E-state index contributed by atoms with van der Waals surface area (Å²) in [6.45, 7) is 0.0625. The zero-order chi connectivity index (χ0) is 8.10. The Labute approximate surface area is 64.1 Å². The SMILES string of the molecule is OP(O)OOCc1ccco1. The Morgan fingerprint density at radius 3 is 2.91 bits per heavy atom. The molecule has 0 aliphatic heterocycles. The molecule has 2 N–H and O–H groups in total. The predicted molar refractivity (Wildman–Crippen MR) is 35.9 cm³/mol. The Morgan fingerprint density at radius 1 is 1.55 bits per heavy atom. The van der Waals surface area contributed by atoms with Crippen molar-refractivity contribution in [3.8, 4) is 0 Å². The van der Waals surface area contributed by atoms with Gasteiger partial charge in [0.1, 0.15) is 12.4 Å². The van der Waals surface area contributed by atoms with E-state index < -0.39 is 8.60 Å². The van der Waals surface area contributed by atoms with Gasteiger partial charge in [0, 0.05) is 0 Å². The molecule has 6 heteroatoms. The monoisotopic (exact) mass is 178 g/mol. The lowest BCUT2D eigenvalue weighted by atomic mass is 10.5. The molecule has 11 heavy (non-hydrogen) atoms. The van der Waals surface area contributed by atoms with Crippen LogP contribution in [-0.2, 0) is 16.2 Å². The highest BCUT2D eigenvalue weighted by Crippen LogP contribution is 2.24. The van der Waals surface area contributed by atoms with Gasteiger partial charge >= 0.3 is 8.60 Å². The van der Waals surface area contributed by atoms with Crippen LogP contribution in [0.15, 0.2) is 22.8 Å². The van der Waals surface area contributed by atoms with E-state index in [1.807, 2.05) is 0 Å². The molecule has 0 aromatic carbocycles. The average Bonchev–Trinajstić information content (AvgIpc) is 2.39. The third-order valence-corrected chi connectivity index (χ3v) is 1.14. The second-order valence-electron chi connectivity index (χ2n) is 1.67. The van der Waals surface area contributed by atoms with E-state index in [-0.39, 0.29) is 6.61 Å². The third kappa shape index (κ3) is 3.46. The molecule has 1 rings (SSSR count). The minimum Gasteiger partial charge on any atom is -0.467 e. The van der Waals surface area contributed by atoms with Crippen molar-refractivity contribution >= 4 is 8.60 Å². The molecule has 0 spiro atoms. The van der Waals surface area contributed by atoms with Crippen molar-refractivity contribution in [3.63, 3.8) is 0 Å². The van der Waals surface area contributed by atoms with E-state index in [4.69, 9.17) is 14.2 Å². The highest BCUT2D eigenvalue weighted by molar-refractivity contribution is 7.39. The molecule has 5 nitrogen and oxygen atoms in total. The van der Waals surface area contributed by atoms with Crippen molar-refractivity contribution in [2.45, 2.75) is 6.61 Å². The molecule has 1 aromatic rings. The summed E-state index contributed by atoms with van der Waals surface area (Å²) in [4.78, 5) is 20.8. The largest absolute Gasteiger partial charge is 0.467 e. The van der Waals surface area contributed by atoms with Gasteiger partial charge in [-0.3, -0.25) is 0 Å². The van der Waals surface area contributed by atoms with Gasteiger partial charge < -0.3 is 14.2 Å². The Hall–Kier alpha value is -0.450. The van der Waals surface area contributed by atoms with Gasteiger partial charge in [-0.25, -0.2) is 4.89 Å². The Morgan fingerprint density at radius 2 is 2.36 bits per heavy atom. The van der Waals surface area contributed by atoms with E-state index >= 15 is 0 Å². The second kappa shape index (κ2) is 4.43. The Bertz CT molecular complexity index is 185. The molecular formula is C5H7O5P. The maximum absolute atomic E-state index is 8.22. The van der Waals surface area contributed by atoms with E-state index in [2.05, 4.69) is 9.56 Å². The highest BCUT2D eigenvalue weighted by Gasteiger charge is 2.01. The zero-order valence-corrected chi connectivity index (χ0v) is 6.40. The molecule has 0 amide bonds. The molecule has 0 saturated heterocycles. The molecule has 0 radical (unpaired) electrons. The quantitative estimate of drug-likeness (QED) is 0.407. The van der Waals surface area contributed by atoms with Crippen LogP contribution in [0.5, 0.6) is 0 Å². The van der Waals surface area contributed by atoms with Crippen LogP contribution in [0.2, 0.25) is 0 Å². The van der Waals surface area contributed by atoms with Gasteiger partial charge in [-0.1, -0.05) is 0 Å². The number of rotatable bonds is 4. The topological polar surface area (TPSA) is 72.1 Å². The maximum atomic E-state index is 8.22. The van der Waals surface area contributed by atoms with Gasteiger partial charge in [-0.2, -0.15) is 4.67 Å². The van der Waals surface area contributed by atoms with E-state index in [1.165, 1.54) is 6.26 Å². The van der Waals surface area contributed by atoms with Crippen LogP contribution in [-0.4, -0.2) is 9.79 Å². The molecule has 0 unspecified atom stereocenters. The van der Waals surface area contributed by atoms with Crippen molar-refractivity contribution in [3.05, 3.63) is 24.2 Å². The van der Waals surface area contributed by atoms with Crippen LogP contribution in [0.3, 0.4) is 0 Å². The highest BCUT2D eigenvalue weighted by atomic mass is 31.2. The molecule has 1 heterocycles. The lowest BCUT2D eigenvalue weighted by molar-refractivity contribution is -0.227. The van der Waals surface area contributed by atoms with Gasteiger partial charge in [-0.15, -0.1) is 0 Å². The number of furan rings is 1. The van der Waals surface area contributed by atoms with Gasteiger partial charge in [0.15, 0.2) is 0 Å². The lowest BCUT2D eigenvalue weighted by Crippen LogP contribution is -1.88. The molecule has 0 atom stereocenters. The summed E-state index contributed by atoms with van der Waals surface area (Å²) in [7, 11) is -2.45. The number of hydrogen-bond acceptors (Lipinski definition) is 5. The third-order valence-electron chi connectivity index (χ3n) is 0.901. The molecule has 0 aliphatic rings. The van der Waals surface area contributed by atoms with Gasteiger partial charge in [0.05, 0.1) is 6.26 Å². The summed E-state index contributed by atoms with van der Waals surface area (Å²) >= 11 is 0. The predicted octanol–water partition coefficient (Wildman–Crippen LogP) is 0.939. The van der Waals surface area contributed by atoms with Crippen LogP contribution in [0.4, 0.5) is 0 Å². The van der Waals surface area contributed by atoms with Crippen LogP contribution in [0, 0.1) is 0 Å². The van der Waals surface area contributed by atoms with Crippen LogP contribution >= 0.6 is 8.60 Å². The van der Waals surface area contributed by atoms with Crippen molar-refractivity contribution in [1.29, 1.82) is 0 Å². The zero-order valence-electron chi connectivity index (χ0n) is 5.51. The fourth-order valence-corrected chi connectivity index (χ4v) is 0.673. The normalized spacial score (nSPS) is 10.8. The van der Waals surface area contributed by atoms with E-state index in [0.717, 1.165) is 0 Å². The van der Waals surface area contributed by atoms with Crippen molar-refractivity contribution < 1.29 is 23.8 Å². The first kappa shape index (κ1) is 8.64. The summed E-state index contributed by atoms with van der Waals surface area (Å²) in [6, 6.07) is 3.37.